The molecule has 0 spiro atoms. The van der Waals surface area contributed by atoms with Crippen LogP contribution in [0, 0.1) is 0 Å². The van der Waals surface area contributed by atoms with E-state index < -0.39 is 16.5 Å². The van der Waals surface area contributed by atoms with Crippen LogP contribution in [0.15, 0.2) is 25.3 Å². The molecule has 6 nitrogen and oxygen atoms in total. The second-order valence-corrected chi connectivity index (χ2v) is 8.33. The number of carbonyl (C=O) groups is 2. The van der Waals surface area contributed by atoms with Crippen LogP contribution in [-0.4, -0.2) is 58.0 Å². The average Bonchev–Trinajstić information content (AvgIpc) is 2.52. The lowest BCUT2D eigenvalue weighted by molar-refractivity contribution is -0.154. The number of hydrogen-bond donors (Lipinski definition) is 0. The molecule has 0 rings (SSSR count). The molecule has 0 aromatic heterocycles. The highest BCUT2D eigenvalue weighted by molar-refractivity contribution is 8.32. The van der Waals surface area contributed by atoms with Crippen LogP contribution in [0.2, 0.25) is 0 Å². The van der Waals surface area contributed by atoms with Crippen molar-refractivity contribution in [3.8, 4) is 0 Å². The summed E-state index contributed by atoms with van der Waals surface area (Å²) in [5.74, 6) is -0.158. The molecular formula is C19H31NO5S2. The molecule has 0 fully saturated rings. The van der Waals surface area contributed by atoms with Crippen molar-refractivity contribution in [2.45, 2.75) is 52.2 Å². The van der Waals surface area contributed by atoms with Gasteiger partial charge in [0.1, 0.15) is 11.2 Å². The maximum Gasteiger partial charge on any atom is 0.376 e. The number of thioether (sulfide) groups is 1. The Bertz CT molecular complexity index is 536. The van der Waals surface area contributed by atoms with Crippen LogP contribution in [0.3, 0.4) is 0 Å². The summed E-state index contributed by atoms with van der Waals surface area (Å²) in [5.41, 5.74) is -1.79. The minimum absolute atomic E-state index is 0.130. The van der Waals surface area contributed by atoms with Crippen LogP contribution in [0.5, 0.6) is 0 Å². The van der Waals surface area contributed by atoms with E-state index in [4.69, 9.17) is 26.4 Å². The average molecular weight is 418 g/mol. The zero-order chi connectivity index (χ0) is 21.1. The summed E-state index contributed by atoms with van der Waals surface area (Å²) < 4.78 is 16.4. The molecule has 0 N–H and O–H groups in total. The van der Waals surface area contributed by atoms with Gasteiger partial charge in [-0.05, 0) is 46.8 Å². The number of hydrogen-bond acceptors (Lipinski definition) is 7. The molecule has 0 aromatic rings. The molecular weight excluding hydrogens is 386 g/mol. The van der Waals surface area contributed by atoms with Crippen molar-refractivity contribution in [3.63, 3.8) is 0 Å². The second-order valence-electron chi connectivity index (χ2n) is 6.79. The molecule has 0 heterocycles. The van der Waals surface area contributed by atoms with Gasteiger partial charge in [0.2, 0.25) is 4.38 Å². The van der Waals surface area contributed by atoms with Gasteiger partial charge in [0.15, 0.2) is 0 Å². The van der Waals surface area contributed by atoms with Crippen molar-refractivity contribution in [1.29, 1.82) is 0 Å². The van der Waals surface area contributed by atoms with Gasteiger partial charge in [-0.2, -0.15) is 0 Å². The quantitative estimate of drug-likeness (QED) is 0.281. The van der Waals surface area contributed by atoms with Crippen LogP contribution in [0.4, 0.5) is 4.79 Å². The predicted octanol–water partition coefficient (Wildman–Crippen LogP) is 4.34. The third kappa shape index (κ3) is 10.5. The number of ether oxygens (including phenoxy) is 3. The highest BCUT2D eigenvalue weighted by Crippen LogP contribution is 2.22. The summed E-state index contributed by atoms with van der Waals surface area (Å²) in [6.07, 6.45) is 3.73. The van der Waals surface area contributed by atoms with Crippen LogP contribution < -0.4 is 0 Å². The first-order valence-electron chi connectivity index (χ1n) is 8.71. The smallest absolute Gasteiger partial charge is 0.376 e. The molecule has 0 unspecified atom stereocenters. The SMILES string of the molecule is C=CCN(CC=C)C(=O)C(C)(C)OCCC(C)(C)OC(=O)SC(=S)OCC. The molecule has 0 bridgehead atoms. The van der Waals surface area contributed by atoms with Crippen LogP contribution in [0.25, 0.3) is 0 Å². The Hall–Kier alpha value is -1.38. The van der Waals surface area contributed by atoms with E-state index in [-0.39, 0.29) is 16.9 Å². The third-order valence-electron chi connectivity index (χ3n) is 3.46. The van der Waals surface area contributed by atoms with E-state index >= 15 is 0 Å². The summed E-state index contributed by atoms with van der Waals surface area (Å²) >= 11 is 5.65. The molecule has 0 aromatic carbocycles. The summed E-state index contributed by atoms with van der Waals surface area (Å²) in [6.45, 7) is 17.6. The minimum atomic E-state index is -1.02. The Morgan fingerprint density at radius 1 is 1.15 bits per heavy atom. The molecule has 0 saturated carbocycles. The van der Waals surface area contributed by atoms with Gasteiger partial charge in [-0.15, -0.1) is 13.2 Å². The number of amides is 1. The van der Waals surface area contributed by atoms with Crippen molar-refractivity contribution >= 4 is 39.6 Å². The van der Waals surface area contributed by atoms with Crippen LogP contribution >= 0.6 is 24.0 Å². The largest absolute Gasteiger partial charge is 0.478 e. The standard InChI is InChI=1S/C19H31NO5S2/c1-8-12-20(13-9-2)15(21)19(6,7)24-14-11-18(4,5)25-16(22)27-17(26)23-10-3/h8-9H,1-2,10-14H2,3-7H3. The Morgan fingerprint density at radius 2 is 1.70 bits per heavy atom. The lowest BCUT2D eigenvalue weighted by Gasteiger charge is -2.32. The van der Waals surface area contributed by atoms with Crippen molar-refractivity contribution in [3.05, 3.63) is 25.3 Å². The van der Waals surface area contributed by atoms with Gasteiger partial charge in [-0.3, -0.25) is 4.79 Å². The lowest BCUT2D eigenvalue weighted by Crippen LogP contribution is -2.47. The number of rotatable bonds is 11. The molecule has 0 atom stereocenters. The van der Waals surface area contributed by atoms with Crippen molar-refractivity contribution in [2.24, 2.45) is 0 Å². The zero-order valence-corrected chi connectivity index (χ0v) is 18.5. The minimum Gasteiger partial charge on any atom is -0.478 e. The van der Waals surface area contributed by atoms with E-state index in [1.807, 2.05) is 0 Å². The van der Waals surface area contributed by atoms with Gasteiger partial charge in [0.25, 0.3) is 5.91 Å². The molecule has 0 saturated heterocycles. The van der Waals surface area contributed by atoms with Crippen molar-refractivity contribution < 1.29 is 23.8 Å². The summed E-state index contributed by atoms with van der Waals surface area (Å²) in [6, 6.07) is 0. The number of carbonyl (C=O) groups excluding carboxylic acids is 2. The maximum atomic E-state index is 12.6. The first-order valence-corrected chi connectivity index (χ1v) is 9.94. The van der Waals surface area contributed by atoms with E-state index in [2.05, 4.69) is 13.2 Å². The maximum absolute atomic E-state index is 12.6. The van der Waals surface area contributed by atoms with Gasteiger partial charge in [-0.1, -0.05) is 12.2 Å². The zero-order valence-electron chi connectivity index (χ0n) is 16.9. The first kappa shape index (κ1) is 25.6. The first-order chi connectivity index (χ1) is 12.5. The lowest BCUT2D eigenvalue weighted by atomic mass is 10.0. The highest BCUT2D eigenvalue weighted by atomic mass is 32.2. The fraction of sp³-hybridized carbons (Fsp3) is 0.632. The third-order valence-corrected chi connectivity index (χ3v) is 4.36. The summed E-state index contributed by atoms with van der Waals surface area (Å²) in [7, 11) is 0. The van der Waals surface area contributed by atoms with Gasteiger partial charge in [-0.25, -0.2) is 4.79 Å². The van der Waals surface area contributed by atoms with Crippen molar-refractivity contribution in [1.82, 2.24) is 4.90 Å². The molecule has 0 radical (unpaired) electrons. The van der Waals surface area contributed by atoms with E-state index in [1.165, 1.54) is 0 Å². The Labute approximate surface area is 172 Å². The van der Waals surface area contributed by atoms with Crippen LogP contribution in [-0.2, 0) is 19.0 Å². The normalized spacial score (nSPS) is 11.4. The predicted molar refractivity (Wildman–Crippen MR) is 114 cm³/mol. The van der Waals surface area contributed by atoms with Crippen molar-refractivity contribution in [2.75, 3.05) is 26.3 Å². The van der Waals surface area contributed by atoms with Gasteiger partial charge < -0.3 is 19.1 Å². The highest BCUT2D eigenvalue weighted by Gasteiger charge is 2.33. The van der Waals surface area contributed by atoms with E-state index in [0.29, 0.717) is 26.1 Å². The number of nitrogens with zero attached hydrogens (tertiary/aromatic N) is 1. The Balaban J connectivity index is 4.61. The van der Waals surface area contributed by atoms with Gasteiger partial charge >= 0.3 is 5.30 Å². The van der Waals surface area contributed by atoms with Gasteiger partial charge in [0.05, 0.1) is 13.2 Å². The molecule has 8 heteroatoms. The van der Waals surface area contributed by atoms with E-state index in [9.17, 15) is 9.59 Å². The second kappa shape index (κ2) is 12.2. The molecule has 27 heavy (non-hydrogen) atoms. The fourth-order valence-corrected chi connectivity index (χ4v) is 2.96. The molecule has 0 aliphatic carbocycles. The molecule has 154 valence electrons. The van der Waals surface area contributed by atoms with Gasteiger partial charge in [0, 0.05) is 31.3 Å². The van der Waals surface area contributed by atoms with E-state index in [1.54, 1.807) is 51.7 Å². The monoisotopic (exact) mass is 417 g/mol. The number of thiocarbonyl (C=S) groups is 1. The molecule has 0 aliphatic heterocycles. The fourth-order valence-electron chi connectivity index (χ4n) is 2.06. The molecule has 1 amide bonds. The van der Waals surface area contributed by atoms with Crippen LogP contribution in [0.1, 0.15) is 41.0 Å². The Kier molecular flexibility index (Phi) is 11.5. The molecule has 0 aliphatic rings. The summed E-state index contributed by atoms with van der Waals surface area (Å²) in [5, 5.41) is -0.531. The summed E-state index contributed by atoms with van der Waals surface area (Å²) in [4.78, 5) is 26.2. The Morgan fingerprint density at radius 3 is 2.19 bits per heavy atom. The van der Waals surface area contributed by atoms with E-state index in [0.717, 1.165) is 11.8 Å². The topological polar surface area (TPSA) is 65.1 Å².